The molecule has 0 radical (unpaired) electrons. The summed E-state index contributed by atoms with van der Waals surface area (Å²) < 4.78 is 27.8. The highest BCUT2D eigenvalue weighted by atomic mass is 32.2. The molecule has 33 heavy (non-hydrogen) atoms. The van der Waals surface area contributed by atoms with Crippen molar-refractivity contribution in [3.05, 3.63) is 58.7 Å². The van der Waals surface area contributed by atoms with E-state index in [0.29, 0.717) is 37.4 Å². The molecule has 1 N–H and O–H groups in total. The normalized spacial score (nSPS) is 19.2. The van der Waals surface area contributed by atoms with Gasteiger partial charge in [0.15, 0.2) is 0 Å². The Labute approximate surface area is 197 Å². The van der Waals surface area contributed by atoms with E-state index >= 15 is 0 Å². The Hall–Kier alpha value is -2.38. The molecule has 2 aromatic rings. The van der Waals surface area contributed by atoms with Crippen LogP contribution in [0.15, 0.2) is 41.3 Å². The molecular formula is C26H33N3O3S. The van der Waals surface area contributed by atoms with Crippen molar-refractivity contribution in [2.75, 3.05) is 31.6 Å². The third kappa shape index (κ3) is 4.53. The number of fused-ring (bicyclic) bond motifs is 2. The fraction of sp³-hybridized carbons (Fsp3) is 0.500. The second-order valence-electron chi connectivity index (χ2n) is 9.67. The predicted molar refractivity (Wildman–Crippen MR) is 130 cm³/mol. The fourth-order valence-electron chi connectivity index (χ4n) is 5.50. The monoisotopic (exact) mass is 467 g/mol. The summed E-state index contributed by atoms with van der Waals surface area (Å²) in [5.41, 5.74) is 6.19. The zero-order valence-corrected chi connectivity index (χ0v) is 20.2. The highest BCUT2D eigenvalue weighted by molar-refractivity contribution is 7.89. The van der Waals surface area contributed by atoms with Crippen molar-refractivity contribution in [2.45, 2.75) is 56.4 Å². The number of nitrogens with zero attached hydrogens (tertiary/aromatic N) is 2. The quantitative estimate of drug-likeness (QED) is 0.733. The van der Waals surface area contributed by atoms with Crippen LogP contribution in [0.25, 0.3) is 0 Å². The summed E-state index contributed by atoms with van der Waals surface area (Å²) in [6, 6.07) is 12.0. The highest BCUT2D eigenvalue weighted by Crippen LogP contribution is 2.29. The summed E-state index contributed by atoms with van der Waals surface area (Å²) >= 11 is 0. The molecule has 0 unspecified atom stereocenters. The van der Waals surface area contributed by atoms with Gasteiger partial charge >= 0.3 is 0 Å². The zero-order valence-electron chi connectivity index (χ0n) is 19.3. The molecule has 0 saturated carbocycles. The van der Waals surface area contributed by atoms with Crippen molar-refractivity contribution in [3.8, 4) is 0 Å². The first-order chi connectivity index (χ1) is 15.9. The summed E-state index contributed by atoms with van der Waals surface area (Å²) in [6.07, 6.45) is 6.46. The SMILES string of the molecule is CN1CCCc2cc(CNC(=O)C3CCN(S(=O)(=O)c4ccc5c(c4)CCC5)CC3)ccc21. The minimum atomic E-state index is -3.50. The summed E-state index contributed by atoms with van der Waals surface area (Å²) in [7, 11) is -1.38. The number of nitrogens with one attached hydrogen (secondary N) is 1. The van der Waals surface area contributed by atoms with Gasteiger partial charge < -0.3 is 10.2 Å². The van der Waals surface area contributed by atoms with E-state index in [2.05, 4.69) is 35.5 Å². The summed E-state index contributed by atoms with van der Waals surface area (Å²) in [4.78, 5) is 15.5. The standard InChI is InChI=1S/C26H33N3O3S/c1-28-13-3-6-23-16-19(7-10-25(23)28)18-27-26(30)21-11-14-29(15-12-21)33(31,32)24-9-8-20-4-2-5-22(20)17-24/h7-10,16-17,21H,2-6,11-15,18H2,1H3,(H,27,30). The highest BCUT2D eigenvalue weighted by Gasteiger charge is 2.32. The summed E-state index contributed by atoms with van der Waals surface area (Å²) in [5, 5.41) is 3.08. The van der Waals surface area contributed by atoms with Gasteiger partial charge in [0.1, 0.15) is 0 Å². The molecule has 2 heterocycles. The van der Waals surface area contributed by atoms with Crippen LogP contribution in [-0.2, 0) is 40.6 Å². The zero-order chi connectivity index (χ0) is 23.0. The van der Waals surface area contributed by atoms with Gasteiger partial charge in [0.2, 0.25) is 15.9 Å². The average molecular weight is 468 g/mol. The minimum absolute atomic E-state index is 0.0272. The van der Waals surface area contributed by atoms with Gasteiger partial charge in [-0.1, -0.05) is 18.2 Å². The van der Waals surface area contributed by atoms with E-state index in [9.17, 15) is 13.2 Å². The molecule has 176 valence electrons. The lowest BCUT2D eigenvalue weighted by Crippen LogP contribution is -2.42. The molecule has 3 aliphatic rings. The summed E-state index contributed by atoms with van der Waals surface area (Å²) in [5.74, 6) is -0.111. The molecule has 1 amide bonds. The van der Waals surface area contributed by atoms with Crippen molar-refractivity contribution < 1.29 is 13.2 Å². The molecule has 1 aliphatic carbocycles. The lowest BCUT2D eigenvalue weighted by molar-refractivity contribution is -0.126. The van der Waals surface area contributed by atoms with Crippen molar-refractivity contribution in [1.29, 1.82) is 0 Å². The number of amides is 1. The maximum atomic E-state index is 13.1. The maximum Gasteiger partial charge on any atom is 0.243 e. The van der Waals surface area contributed by atoms with E-state index in [1.807, 2.05) is 12.1 Å². The van der Waals surface area contributed by atoms with Gasteiger partial charge in [0, 0.05) is 44.8 Å². The van der Waals surface area contributed by atoms with Crippen molar-refractivity contribution >= 4 is 21.6 Å². The Bertz CT molecular complexity index is 1150. The first kappa shape index (κ1) is 22.4. The van der Waals surface area contributed by atoms with Gasteiger partial charge in [-0.05, 0) is 85.4 Å². The van der Waals surface area contributed by atoms with Crippen LogP contribution in [0.2, 0.25) is 0 Å². The number of rotatable bonds is 5. The van der Waals surface area contributed by atoms with E-state index < -0.39 is 10.0 Å². The molecule has 1 fully saturated rings. The molecular weight excluding hydrogens is 434 g/mol. The number of sulfonamides is 1. The molecule has 0 atom stereocenters. The van der Waals surface area contributed by atoms with E-state index in [-0.39, 0.29) is 11.8 Å². The first-order valence-corrected chi connectivity index (χ1v) is 13.6. The number of hydrogen-bond acceptors (Lipinski definition) is 4. The molecule has 2 aromatic carbocycles. The van der Waals surface area contributed by atoms with Crippen LogP contribution in [0.3, 0.4) is 0 Å². The van der Waals surface area contributed by atoms with Crippen molar-refractivity contribution in [2.24, 2.45) is 5.92 Å². The Morgan fingerprint density at radius 2 is 1.70 bits per heavy atom. The lowest BCUT2D eigenvalue weighted by atomic mass is 9.96. The van der Waals surface area contributed by atoms with Crippen LogP contribution in [0.1, 0.15) is 47.9 Å². The Morgan fingerprint density at radius 3 is 2.52 bits per heavy atom. The first-order valence-electron chi connectivity index (χ1n) is 12.1. The number of hydrogen-bond donors (Lipinski definition) is 1. The van der Waals surface area contributed by atoms with Crippen LogP contribution in [0.5, 0.6) is 0 Å². The topological polar surface area (TPSA) is 69.7 Å². The van der Waals surface area contributed by atoms with Crippen LogP contribution in [0, 0.1) is 5.92 Å². The van der Waals surface area contributed by atoms with Crippen LogP contribution >= 0.6 is 0 Å². The molecule has 6 nitrogen and oxygen atoms in total. The van der Waals surface area contributed by atoms with Gasteiger partial charge in [-0.3, -0.25) is 4.79 Å². The van der Waals surface area contributed by atoms with Crippen molar-refractivity contribution in [1.82, 2.24) is 9.62 Å². The third-order valence-corrected chi connectivity index (χ3v) is 9.39. The van der Waals surface area contributed by atoms with Crippen molar-refractivity contribution in [3.63, 3.8) is 0 Å². The maximum absolute atomic E-state index is 13.1. The number of anilines is 1. The van der Waals surface area contributed by atoms with Gasteiger partial charge in [0.25, 0.3) is 0 Å². The third-order valence-electron chi connectivity index (χ3n) is 7.49. The van der Waals surface area contributed by atoms with Gasteiger partial charge in [-0.25, -0.2) is 8.42 Å². The molecule has 0 spiro atoms. The second kappa shape index (κ2) is 9.11. The van der Waals surface area contributed by atoms with Gasteiger partial charge in [-0.15, -0.1) is 0 Å². The van der Waals surface area contributed by atoms with E-state index in [0.717, 1.165) is 44.2 Å². The Balaban J connectivity index is 1.16. The van der Waals surface area contributed by atoms with E-state index in [4.69, 9.17) is 0 Å². The molecule has 5 rings (SSSR count). The lowest BCUT2D eigenvalue weighted by Gasteiger charge is -2.31. The minimum Gasteiger partial charge on any atom is -0.374 e. The smallest absolute Gasteiger partial charge is 0.243 e. The Kier molecular flexibility index (Phi) is 6.18. The number of aryl methyl sites for hydroxylation is 3. The number of piperidine rings is 1. The molecule has 0 bridgehead atoms. The number of carbonyl (C=O) groups excluding carboxylic acids is 1. The molecule has 7 heteroatoms. The molecule has 1 saturated heterocycles. The average Bonchev–Trinajstić information content (AvgIpc) is 3.31. The van der Waals surface area contributed by atoms with Gasteiger partial charge in [0.05, 0.1) is 4.90 Å². The summed E-state index contributed by atoms with van der Waals surface area (Å²) in [6.45, 7) is 2.39. The van der Waals surface area contributed by atoms with E-state index in [1.165, 1.54) is 22.4 Å². The van der Waals surface area contributed by atoms with E-state index in [1.54, 1.807) is 10.4 Å². The number of benzene rings is 2. The molecule has 2 aliphatic heterocycles. The largest absolute Gasteiger partial charge is 0.374 e. The number of carbonyl (C=O) groups is 1. The van der Waals surface area contributed by atoms with Gasteiger partial charge in [-0.2, -0.15) is 4.31 Å². The second-order valence-corrected chi connectivity index (χ2v) is 11.6. The van der Waals surface area contributed by atoms with Crippen LogP contribution < -0.4 is 10.2 Å². The van der Waals surface area contributed by atoms with Crippen LogP contribution in [-0.4, -0.2) is 45.3 Å². The Morgan fingerprint density at radius 1 is 0.939 bits per heavy atom. The fourth-order valence-corrected chi connectivity index (χ4v) is 7.02. The predicted octanol–water partition coefficient (Wildman–Crippen LogP) is 3.27. The molecule has 0 aromatic heterocycles. The van der Waals surface area contributed by atoms with Crippen LogP contribution in [0.4, 0.5) is 5.69 Å².